The number of hydrogen-bond donors (Lipinski definition) is 0. The van der Waals surface area contributed by atoms with Crippen molar-refractivity contribution in [2.24, 2.45) is 0 Å². The third-order valence-corrected chi connectivity index (χ3v) is 3.57. The van der Waals surface area contributed by atoms with E-state index in [2.05, 4.69) is 9.59 Å². The van der Waals surface area contributed by atoms with Crippen LogP contribution in [0.2, 0.25) is 0 Å². The first kappa shape index (κ1) is 12.0. The summed E-state index contributed by atoms with van der Waals surface area (Å²) in [4.78, 5) is 12.8. The van der Waals surface area contributed by atoms with E-state index in [1.165, 1.54) is 18.2 Å². The molecule has 0 amide bonds. The molecule has 0 aliphatic carbocycles. The van der Waals surface area contributed by atoms with Crippen molar-refractivity contribution in [3.63, 3.8) is 0 Å². The normalized spacial score (nSPS) is 11.1. The summed E-state index contributed by atoms with van der Waals surface area (Å²) in [5.41, 5.74) is 1.14. The number of rotatable bonds is 3. The largest absolute Gasteiger partial charge is 0.453 e. The van der Waals surface area contributed by atoms with Crippen LogP contribution in [0.1, 0.15) is 28.0 Å². The van der Waals surface area contributed by atoms with Gasteiger partial charge in [0.05, 0.1) is 5.69 Å². The molecule has 1 aromatic carbocycles. The van der Waals surface area contributed by atoms with Crippen LogP contribution < -0.4 is 0 Å². The molecule has 0 aliphatic heterocycles. The van der Waals surface area contributed by atoms with Crippen LogP contribution in [0, 0.1) is 5.82 Å². The summed E-state index contributed by atoms with van der Waals surface area (Å²) < 4.78 is 22.3. The van der Waals surface area contributed by atoms with Crippen LogP contribution in [0.4, 0.5) is 4.39 Å². The summed E-state index contributed by atoms with van der Waals surface area (Å²) in [6.45, 7) is 1.90. The summed E-state index contributed by atoms with van der Waals surface area (Å²) >= 11 is 1.05. The Balaban J connectivity index is 2.07. The van der Waals surface area contributed by atoms with Crippen molar-refractivity contribution in [3.8, 4) is 0 Å². The minimum atomic E-state index is -0.360. The maximum atomic E-state index is 13.1. The number of hydrogen-bond acceptors (Lipinski definition) is 5. The van der Waals surface area contributed by atoms with E-state index >= 15 is 0 Å². The van der Waals surface area contributed by atoms with Gasteiger partial charge in [-0.2, -0.15) is 0 Å². The summed E-state index contributed by atoms with van der Waals surface area (Å²) in [6, 6.07) is 5.68. The molecule has 0 fully saturated rings. The second-order valence-electron chi connectivity index (χ2n) is 4.02. The van der Waals surface area contributed by atoms with Crippen molar-refractivity contribution >= 4 is 28.3 Å². The van der Waals surface area contributed by atoms with Crippen LogP contribution >= 0.6 is 11.5 Å². The van der Waals surface area contributed by atoms with Gasteiger partial charge in [-0.05, 0) is 42.2 Å². The van der Waals surface area contributed by atoms with E-state index in [1.807, 2.05) is 6.92 Å². The number of carbonyl (C=O) groups excluding carboxylic acids is 1. The van der Waals surface area contributed by atoms with Crippen molar-refractivity contribution in [1.82, 2.24) is 9.59 Å². The van der Waals surface area contributed by atoms with Crippen molar-refractivity contribution in [2.75, 3.05) is 0 Å². The molecule has 6 heteroatoms. The highest BCUT2D eigenvalue weighted by atomic mass is 32.1. The lowest BCUT2D eigenvalue weighted by atomic mass is 10.2. The number of aromatic nitrogens is 2. The van der Waals surface area contributed by atoms with Crippen molar-refractivity contribution in [1.29, 1.82) is 0 Å². The molecule has 0 radical (unpaired) electrons. The van der Waals surface area contributed by atoms with Gasteiger partial charge in [0.25, 0.3) is 0 Å². The van der Waals surface area contributed by atoms with Gasteiger partial charge in [0.15, 0.2) is 5.76 Å². The zero-order valence-electron chi connectivity index (χ0n) is 10.0. The number of ketones is 1. The summed E-state index contributed by atoms with van der Waals surface area (Å²) in [6.07, 6.45) is 0.631. The predicted molar refractivity (Wildman–Crippen MR) is 68.9 cm³/mol. The molecule has 4 nitrogen and oxygen atoms in total. The molecule has 3 rings (SSSR count). The smallest absolute Gasteiger partial charge is 0.241 e. The van der Waals surface area contributed by atoms with E-state index in [0.29, 0.717) is 28.0 Å². The molecule has 0 saturated carbocycles. The van der Waals surface area contributed by atoms with Gasteiger partial charge in [0.2, 0.25) is 5.78 Å². The molecule has 2 aromatic heterocycles. The maximum absolute atomic E-state index is 13.1. The molecular weight excluding hydrogens is 267 g/mol. The number of fused-ring (bicyclic) bond motifs is 1. The van der Waals surface area contributed by atoms with E-state index in [-0.39, 0.29) is 17.4 Å². The molecule has 0 atom stereocenters. The van der Waals surface area contributed by atoms with E-state index in [4.69, 9.17) is 4.42 Å². The monoisotopic (exact) mass is 276 g/mol. The Bertz CT molecular complexity index is 763. The average molecular weight is 276 g/mol. The highest BCUT2D eigenvalue weighted by molar-refractivity contribution is 7.08. The van der Waals surface area contributed by atoms with Crippen LogP contribution in [0.25, 0.3) is 11.0 Å². The van der Waals surface area contributed by atoms with Gasteiger partial charge in [0.1, 0.15) is 16.3 Å². The fraction of sp³-hybridized carbons (Fsp3) is 0.154. The second-order valence-corrected chi connectivity index (χ2v) is 4.78. The third-order valence-electron chi connectivity index (χ3n) is 2.80. The number of carbonyl (C=O) groups is 1. The molecule has 96 valence electrons. The SMILES string of the molecule is CCc1nnsc1C(=O)c1cc2cc(F)ccc2o1. The molecule has 2 heterocycles. The molecule has 0 aliphatic rings. The van der Waals surface area contributed by atoms with E-state index in [1.54, 1.807) is 6.07 Å². The molecule has 0 bridgehead atoms. The van der Waals surface area contributed by atoms with Crippen molar-refractivity contribution < 1.29 is 13.6 Å². The number of furan rings is 1. The van der Waals surface area contributed by atoms with Gasteiger partial charge in [0, 0.05) is 5.39 Å². The van der Waals surface area contributed by atoms with E-state index < -0.39 is 0 Å². The Hall–Kier alpha value is -2.08. The summed E-state index contributed by atoms with van der Waals surface area (Å²) in [7, 11) is 0. The van der Waals surface area contributed by atoms with Crippen LogP contribution in [0.15, 0.2) is 28.7 Å². The zero-order chi connectivity index (χ0) is 13.4. The maximum Gasteiger partial charge on any atom is 0.241 e. The van der Waals surface area contributed by atoms with Crippen LogP contribution in [-0.2, 0) is 6.42 Å². The Morgan fingerprint density at radius 3 is 3.05 bits per heavy atom. The van der Waals surface area contributed by atoms with Gasteiger partial charge in [-0.25, -0.2) is 4.39 Å². The van der Waals surface area contributed by atoms with Gasteiger partial charge >= 0.3 is 0 Å². The number of aryl methyl sites for hydroxylation is 1. The van der Waals surface area contributed by atoms with Crippen LogP contribution in [0.3, 0.4) is 0 Å². The summed E-state index contributed by atoms with van der Waals surface area (Å²) in [5, 5.41) is 4.46. The first-order valence-corrected chi connectivity index (χ1v) is 6.51. The first-order chi connectivity index (χ1) is 9.19. The van der Waals surface area contributed by atoms with Gasteiger partial charge < -0.3 is 4.42 Å². The Morgan fingerprint density at radius 2 is 2.26 bits per heavy atom. The van der Waals surface area contributed by atoms with Crippen LogP contribution in [-0.4, -0.2) is 15.4 Å². The molecule has 0 saturated heterocycles. The lowest BCUT2D eigenvalue weighted by Crippen LogP contribution is -2.00. The highest BCUT2D eigenvalue weighted by Gasteiger charge is 2.20. The molecule has 0 unspecified atom stereocenters. The Kier molecular flexibility index (Phi) is 2.87. The van der Waals surface area contributed by atoms with E-state index in [9.17, 15) is 9.18 Å². The zero-order valence-corrected chi connectivity index (χ0v) is 10.8. The number of halogens is 1. The van der Waals surface area contributed by atoms with E-state index in [0.717, 1.165) is 11.5 Å². The van der Waals surface area contributed by atoms with Crippen molar-refractivity contribution in [3.05, 3.63) is 46.4 Å². The molecular formula is C13H9FN2O2S. The quantitative estimate of drug-likeness (QED) is 0.689. The lowest BCUT2D eigenvalue weighted by Gasteiger charge is -1.94. The topological polar surface area (TPSA) is 56.0 Å². The highest BCUT2D eigenvalue weighted by Crippen LogP contribution is 2.24. The average Bonchev–Trinajstić information content (AvgIpc) is 3.03. The molecule has 0 spiro atoms. The Morgan fingerprint density at radius 1 is 1.42 bits per heavy atom. The minimum absolute atomic E-state index is 0.182. The second kappa shape index (κ2) is 4.55. The lowest BCUT2D eigenvalue weighted by molar-refractivity contribution is 0.101. The van der Waals surface area contributed by atoms with Gasteiger partial charge in [-0.3, -0.25) is 4.79 Å². The third kappa shape index (κ3) is 2.04. The number of benzene rings is 1. The fourth-order valence-corrected chi connectivity index (χ4v) is 2.55. The van der Waals surface area contributed by atoms with Gasteiger partial charge in [-0.1, -0.05) is 11.4 Å². The van der Waals surface area contributed by atoms with Crippen LogP contribution in [0.5, 0.6) is 0 Å². The number of nitrogens with zero attached hydrogens (tertiary/aromatic N) is 2. The molecule has 0 N–H and O–H groups in total. The Labute approximate surface area is 112 Å². The fourth-order valence-electron chi connectivity index (χ4n) is 1.85. The molecule has 3 aromatic rings. The van der Waals surface area contributed by atoms with Gasteiger partial charge in [-0.15, -0.1) is 5.10 Å². The molecule has 19 heavy (non-hydrogen) atoms. The van der Waals surface area contributed by atoms with Crippen molar-refractivity contribution in [2.45, 2.75) is 13.3 Å². The standard InChI is InChI=1S/C13H9FN2O2S/c1-2-9-13(19-16-15-9)12(17)11-6-7-5-8(14)3-4-10(7)18-11/h3-6H,2H2,1H3. The first-order valence-electron chi connectivity index (χ1n) is 5.74. The summed E-state index contributed by atoms with van der Waals surface area (Å²) in [5.74, 6) is -0.439. The predicted octanol–water partition coefficient (Wildman–Crippen LogP) is 3.22. The minimum Gasteiger partial charge on any atom is -0.453 e.